The van der Waals surface area contributed by atoms with Gasteiger partial charge in [0.2, 0.25) is 0 Å². The summed E-state index contributed by atoms with van der Waals surface area (Å²) < 4.78 is 26.8. The Labute approximate surface area is 153 Å². The molecule has 4 nitrogen and oxygen atoms in total. The summed E-state index contributed by atoms with van der Waals surface area (Å²) >= 11 is 11.4. The van der Waals surface area contributed by atoms with Gasteiger partial charge in [-0.25, -0.2) is 8.78 Å². The van der Waals surface area contributed by atoms with Gasteiger partial charge in [-0.1, -0.05) is 29.3 Å². The average Bonchev–Trinajstić information content (AvgIpc) is 2.57. The van der Waals surface area contributed by atoms with E-state index in [-0.39, 0.29) is 34.3 Å². The molecule has 0 radical (unpaired) electrons. The highest BCUT2D eigenvalue weighted by Crippen LogP contribution is 2.24. The van der Waals surface area contributed by atoms with Gasteiger partial charge in [-0.3, -0.25) is 9.59 Å². The van der Waals surface area contributed by atoms with E-state index in [2.05, 4.69) is 10.6 Å². The molecule has 2 aromatic carbocycles. The Balaban J connectivity index is 1.86. The van der Waals surface area contributed by atoms with Gasteiger partial charge in [0.05, 0.1) is 15.6 Å². The van der Waals surface area contributed by atoms with E-state index >= 15 is 0 Å². The number of benzene rings is 2. The summed E-state index contributed by atoms with van der Waals surface area (Å²) in [6.45, 7) is 1.78. The van der Waals surface area contributed by atoms with Crippen LogP contribution in [-0.2, 0) is 0 Å². The first kappa shape index (κ1) is 19.1. The van der Waals surface area contributed by atoms with Crippen molar-refractivity contribution in [3.05, 3.63) is 68.7 Å². The van der Waals surface area contributed by atoms with Crippen LogP contribution in [0.1, 0.15) is 26.3 Å². The Morgan fingerprint density at radius 3 is 2.20 bits per heavy atom. The van der Waals surface area contributed by atoms with Crippen LogP contribution in [0.2, 0.25) is 10.0 Å². The van der Waals surface area contributed by atoms with E-state index in [0.717, 1.165) is 18.2 Å². The summed E-state index contributed by atoms with van der Waals surface area (Å²) in [6, 6.07) is 6.22. The third kappa shape index (κ3) is 4.90. The smallest absolute Gasteiger partial charge is 0.252 e. The van der Waals surface area contributed by atoms with E-state index in [4.69, 9.17) is 23.2 Å². The van der Waals surface area contributed by atoms with Gasteiger partial charge in [-0.05, 0) is 36.8 Å². The van der Waals surface area contributed by atoms with Gasteiger partial charge >= 0.3 is 0 Å². The van der Waals surface area contributed by atoms with Crippen LogP contribution in [0.3, 0.4) is 0 Å². The van der Waals surface area contributed by atoms with Crippen molar-refractivity contribution < 1.29 is 18.4 Å². The average molecular weight is 387 g/mol. The summed E-state index contributed by atoms with van der Waals surface area (Å²) in [5.74, 6) is -2.30. The van der Waals surface area contributed by atoms with Crippen molar-refractivity contribution in [3.8, 4) is 0 Å². The number of rotatable bonds is 5. The molecule has 0 aromatic heterocycles. The maximum Gasteiger partial charge on any atom is 0.252 e. The van der Waals surface area contributed by atoms with Crippen molar-refractivity contribution in [2.75, 3.05) is 13.1 Å². The van der Waals surface area contributed by atoms with Crippen LogP contribution in [0.4, 0.5) is 8.78 Å². The van der Waals surface area contributed by atoms with Crippen LogP contribution in [0, 0.1) is 18.6 Å². The summed E-state index contributed by atoms with van der Waals surface area (Å²) in [6.07, 6.45) is 0. The predicted molar refractivity (Wildman–Crippen MR) is 92.2 cm³/mol. The second kappa shape index (κ2) is 8.27. The van der Waals surface area contributed by atoms with Gasteiger partial charge in [0.15, 0.2) is 0 Å². The molecule has 0 heterocycles. The van der Waals surface area contributed by atoms with Crippen LogP contribution in [-0.4, -0.2) is 24.9 Å². The molecule has 0 fully saturated rings. The Morgan fingerprint density at radius 2 is 1.56 bits per heavy atom. The normalized spacial score (nSPS) is 10.4. The van der Waals surface area contributed by atoms with Crippen LogP contribution >= 0.6 is 23.2 Å². The number of aryl methyl sites for hydroxylation is 1. The van der Waals surface area contributed by atoms with E-state index in [0.29, 0.717) is 5.56 Å². The highest BCUT2D eigenvalue weighted by molar-refractivity contribution is 6.36. The third-order valence-electron chi connectivity index (χ3n) is 3.38. The quantitative estimate of drug-likeness (QED) is 0.607. The van der Waals surface area contributed by atoms with Gasteiger partial charge in [-0.2, -0.15) is 0 Å². The first-order valence-electron chi connectivity index (χ1n) is 7.26. The van der Waals surface area contributed by atoms with E-state index in [1.807, 2.05) is 0 Å². The minimum Gasteiger partial charge on any atom is -0.350 e. The first-order valence-corrected chi connectivity index (χ1v) is 8.02. The standard InChI is InChI=1S/C17H14Cl2F2N2O2/c1-9-2-3-10(6-14(9)20)16(24)22-4-5-23-17(25)11-7-15(21)13(19)8-12(11)18/h2-3,6-8H,4-5H2,1H3,(H,22,24)(H,23,25). The fraction of sp³-hybridized carbons (Fsp3) is 0.176. The highest BCUT2D eigenvalue weighted by atomic mass is 35.5. The van der Waals surface area contributed by atoms with Crippen molar-refractivity contribution in [2.24, 2.45) is 0 Å². The molecule has 132 valence electrons. The molecule has 0 saturated carbocycles. The molecule has 0 bridgehead atoms. The largest absolute Gasteiger partial charge is 0.350 e. The SMILES string of the molecule is Cc1ccc(C(=O)NCCNC(=O)c2cc(F)c(Cl)cc2Cl)cc1F. The molecular weight excluding hydrogens is 373 g/mol. The van der Waals surface area contributed by atoms with Crippen molar-refractivity contribution in [1.82, 2.24) is 10.6 Å². The number of hydrogen-bond donors (Lipinski definition) is 2. The van der Waals surface area contributed by atoms with Gasteiger partial charge < -0.3 is 10.6 Å². The lowest BCUT2D eigenvalue weighted by molar-refractivity contribution is 0.0927. The lowest BCUT2D eigenvalue weighted by atomic mass is 10.1. The van der Waals surface area contributed by atoms with Gasteiger partial charge in [-0.15, -0.1) is 0 Å². The first-order chi connectivity index (χ1) is 11.8. The molecule has 0 aliphatic rings. The molecule has 0 aliphatic heterocycles. The second-order valence-electron chi connectivity index (χ2n) is 5.22. The molecule has 25 heavy (non-hydrogen) atoms. The predicted octanol–water partition coefficient (Wildman–Crippen LogP) is 3.74. The van der Waals surface area contributed by atoms with E-state index in [1.54, 1.807) is 6.92 Å². The molecule has 0 saturated heterocycles. The van der Waals surface area contributed by atoms with Crippen LogP contribution in [0.5, 0.6) is 0 Å². The molecule has 8 heteroatoms. The third-order valence-corrected chi connectivity index (χ3v) is 3.99. The van der Waals surface area contributed by atoms with Crippen LogP contribution < -0.4 is 10.6 Å². The monoisotopic (exact) mass is 386 g/mol. The lowest BCUT2D eigenvalue weighted by Crippen LogP contribution is -2.34. The molecule has 2 rings (SSSR count). The van der Waals surface area contributed by atoms with Crippen LogP contribution in [0.25, 0.3) is 0 Å². The number of hydrogen-bond acceptors (Lipinski definition) is 2. The number of nitrogens with one attached hydrogen (secondary N) is 2. The van der Waals surface area contributed by atoms with Crippen molar-refractivity contribution in [2.45, 2.75) is 6.92 Å². The molecule has 2 aromatic rings. The zero-order valence-corrected chi connectivity index (χ0v) is 14.6. The van der Waals surface area contributed by atoms with Crippen molar-refractivity contribution in [3.63, 3.8) is 0 Å². The van der Waals surface area contributed by atoms with Gasteiger partial charge in [0.1, 0.15) is 11.6 Å². The number of carbonyl (C=O) groups is 2. The Hall–Kier alpha value is -2.18. The van der Waals surface area contributed by atoms with Gasteiger partial charge in [0.25, 0.3) is 11.8 Å². The number of carbonyl (C=O) groups excluding carboxylic acids is 2. The molecular formula is C17H14Cl2F2N2O2. The number of halogens is 4. The lowest BCUT2D eigenvalue weighted by Gasteiger charge is -2.09. The number of amides is 2. The summed E-state index contributed by atoms with van der Waals surface area (Å²) in [7, 11) is 0. The summed E-state index contributed by atoms with van der Waals surface area (Å²) in [5, 5.41) is 4.87. The fourth-order valence-corrected chi connectivity index (χ4v) is 2.45. The molecule has 0 atom stereocenters. The van der Waals surface area contributed by atoms with E-state index in [1.165, 1.54) is 12.1 Å². The second-order valence-corrected chi connectivity index (χ2v) is 6.04. The van der Waals surface area contributed by atoms with E-state index < -0.39 is 23.4 Å². The van der Waals surface area contributed by atoms with Crippen molar-refractivity contribution in [1.29, 1.82) is 0 Å². The Bertz CT molecular complexity index is 829. The molecule has 0 aliphatic carbocycles. The minimum atomic E-state index is -0.758. The molecule has 0 unspecified atom stereocenters. The fourth-order valence-electron chi connectivity index (χ4n) is 1.98. The Morgan fingerprint density at radius 1 is 0.920 bits per heavy atom. The van der Waals surface area contributed by atoms with E-state index in [9.17, 15) is 18.4 Å². The summed E-state index contributed by atoms with van der Waals surface area (Å²) in [4.78, 5) is 23.8. The molecule has 0 spiro atoms. The molecule has 2 N–H and O–H groups in total. The zero-order valence-electron chi connectivity index (χ0n) is 13.1. The highest BCUT2D eigenvalue weighted by Gasteiger charge is 2.14. The maximum atomic E-state index is 13.4. The van der Waals surface area contributed by atoms with Crippen molar-refractivity contribution >= 4 is 35.0 Å². The minimum absolute atomic E-state index is 0.0167. The Kier molecular flexibility index (Phi) is 6.33. The van der Waals surface area contributed by atoms with Crippen LogP contribution in [0.15, 0.2) is 30.3 Å². The molecule has 2 amide bonds. The maximum absolute atomic E-state index is 13.4. The zero-order chi connectivity index (χ0) is 18.6. The topological polar surface area (TPSA) is 58.2 Å². The van der Waals surface area contributed by atoms with Gasteiger partial charge in [0, 0.05) is 18.7 Å². The summed E-state index contributed by atoms with van der Waals surface area (Å²) in [5.41, 5.74) is 0.559.